The van der Waals surface area contributed by atoms with Crippen LogP contribution in [0.4, 0.5) is 4.79 Å². The number of carboxylic acid groups (broad SMARTS) is 1. The first-order chi connectivity index (χ1) is 13.2. The summed E-state index contributed by atoms with van der Waals surface area (Å²) in [4.78, 5) is 30.1. The maximum Gasteiger partial charge on any atom is 0.410 e. The quantitative estimate of drug-likeness (QED) is 0.842. The van der Waals surface area contributed by atoms with Gasteiger partial charge in [0.15, 0.2) is 0 Å². The average molecular weight is 382 g/mol. The van der Waals surface area contributed by atoms with Crippen LogP contribution in [0.25, 0.3) is 11.3 Å². The zero-order valence-electron chi connectivity index (χ0n) is 16.5. The van der Waals surface area contributed by atoms with Crippen LogP contribution < -0.4 is 0 Å². The fraction of sp³-hybridized carbons (Fsp3) is 0.409. The highest BCUT2D eigenvalue weighted by atomic mass is 16.6. The first-order valence-electron chi connectivity index (χ1n) is 9.51. The number of pyridine rings is 1. The molecule has 1 N–H and O–H groups in total. The number of nitrogens with zero attached hydrogens (tertiary/aromatic N) is 2. The Labute approximate surface area is 165 Å². The van der Waals surface area contributed by atoms with Crippen LogP contribution in [0.1, 0.15) is 55.6 Å². The molecule has 2 heterocycles. The third-order valence-corrected chi connectivity index (χ3v) is 4.67. The number of likely N-dealkylation sites (tertiary alicyclic amines) is 1. The molecule has 6 heteroatoms. The zero-order valence-corrected chi connectivity index (χ0v) is 16.5. The van der Waals surface area contributed by atoms with Gasteiger partial charge in [-0.05, 0) is 57.9 Å². The highest BCUT2D eigenvalue weighted by Gasteiger charge is 2.29. The number of carboxylic acids is 1. The van der Waals surface area contributed by atoms with Gasteiger partial charge in [-0.2, -0.15) is 0 Å². The molecule has 0 spiro atoms. The van der Waals surface area contributed by atoms with Gasteiger partial charge in [0.05, 0.1) is 11.3 Å². The van der Waals surface area contributed by atoms with Crippen LogP contribution in [0, 0.1) is 0 Å². The number of benzene rings is 1. The molecule has 0 bridgehead atoms. The Balaban J connectivity index is 1.79. The van der Waals surface area contributed by atoms with Gasteiger partial charge in [0.25, 0.3) is 0 Å². The number of piperidine rings is 1. The van der Waals surface area contributed by atoms with Crippen molar-refractivity contribution in [3.63, 3.8) is 0 Å². The van der Waals surface area contributed by atoms with Crippen molar-refractivity contribution in [2.24, 2.45) is 0 Å². The molecule has 1 amide bonds. The van der Waals surface area contributed by atoms with E-state index in [2.05, 4.69) is 0 Å². The second-order valence-electron chi connectivity index (χ2n) is 8.10. The van der Waals surface area contributed by atoms with E-state index in [4.69, 9.17) is 9.72 Å². The maximum absolute atomic E-state index is 12.4. The van der Waals surface area contributed by atoms with E-state index in [-0.39, 0.29) is 17.6 Å². The van der Waals surface area contributed by atoms with E-state index in [0.717, 1.165) is 29.8 Å². The largest absolute Gasteiger partial charge is 0.478 e. The number of carbonyl (C=O) groups is 2. The van der Waals surface area contributed by atoms with E-state index in [1.165, 1.54) is 0 Å². The molecule has 1 unspecified atom stereocenters. The molecular weight excluding hydrogens is 356 g/mol. The molecule has 0 saturated carbocycles. The SMILES string of the molecule is CC(C)(C)OC(=O)N1CCCC(c2cccc(-c3cccc(C(=O)O)c3)n2)C1. The molecule has 3 rings (SSSR count). The number of hydrogen-bond acceptors (Lipinski definition) is 4. The lowest BCUT2D eigenvalue weighted by molar-refractivity contribution is 0.0197. The Kier molecular flexibility index (Phi) is 5.68. The molecule has 0 aliphatic carbocycles. The van der Waals surface area contributed by atoms with Gasteiger partial charge in [0, 0.05) is 30.3 Å². The van der Waals surface area contributed by atoms with E-state index in [1.807, 2.05) is 45.0 Å². The average Bonchev–Trinajstić information content (AvgIpc) is 2.67. The van der Waals surface area contributed by atoms with Crippen LogP contribution in [0.5, 0.6) is 0 Å². The minimum absolute atomic E-state index is 0.129. The predicted molar refractivity (Wildman–Crippen MR) is 106 cm³/mol. The van der Waals surface area contributed by atoms with E-state index < -0.39 is 11.6 Å². The number of rotatable bonds is 3. The van der Waals surface area contributed by atoms with Crippen molar-refractivity contribution in [2.45, 2.75) is 45.1 Å². The highest BCUT2D eigenvalue weighted by molar-refractivity contribution is 5.89. The van der Waals surface area contributed by atoms with Crippen molar-refractivity contribution in [1.29, 1.82) is 0 Å². The monoisotopic (exact) mass is 382 g/mol. The molecular formula is C22H26N2O4. The Morgan fingerprint density at radius 2 is 1.93 bits per heavy atom. The minimum atomic E-state index is -0.960. The number of aromatic nitrogens is 1. The molecule has 1 aliphatic heterocycles. The molecule has 0 radical (unpaired) electrons. The number of hydrogen-bond donors (Lipinski definition) is 1. The minimum Gasteiger partial charge on any atom is -0.478 e. The van der Waals surface area contributed by atoms with Gasteiger partial charge in [-0.25, -0.2) is 9.59 Å². The van der Waals surface area contributed by atoms with Crippen molar-refractivity contribution >= 4 is 12.1 Å². The van der Waals surface area contributed by atoms with Gasteiger partial charge in [-0.15, -0.1) is 0 Å². The van der Waals surface area contributed by atoms with Gasteiger partial charge in [0.1, 0.15) is 5.60 Å². The molecule has 2 aromatic rings. The fourth-order valence-corrected chi connectivity index (χ4v) is 3.36. The Morgan fingerprint density at radius 1 is 1.18 bits per heavy atom. The van der Waals surface area contributed by atoms with E-state index in [1.54, 1.807) is 23.1 Å². The third kappa shape index (κ3) is 4.88. The van der Waals surface area contributed by atoms with E-state index in [0.29, 0.717) is 13.1 Å². The van der Waals surface area contributed by atoms with Gasteiger partial charge in [-0.3, -0.25) is 4.98 Å². The number of carbonyl (C=O) groups excluding carboxylic acids is 1. The van der Waals surface area contributed by atoms with Gasteiger partial charge < -0.3 is 14.7 Å². The summed E-state index contributed by atoms with van der Waals surface area (Å²) in [6, 6.07) is 12.5. The molecule has 1 aromatic heterocycles. The Bertz CT molecular complexity index is 873. The smallest absolute Gasteiger partial charge is 0.410 e. The fourth-order valence-electron chi connectivity index (χ4n) is 3.36. The first-order valence-corrected chi connectivity index (χ1v) is 9.51. The van der Waals surface area contributed by atoms with E-state index >= 15 is 0 Å². The molecule has 1 atom stereocenters. The van der Waals surface area contributed by atoms with Crippen molar-refractivity contribution in [1.82, 2.24) is 9.88 Å². The summed E-state index contributed by atoms with van der Waals surface area (Å²) < 4.78 is 5.50. The van der Waals surface area contributed by atoms with Crippen molar-refractivity contribution < 1.29 is 19.4 Å². The lowest BCUT2D eigenvalue weighted by Crippen LogP contribution is -2.42. The Morgan fingerprint density at radius 3 is 2.64 bits per heavy atom. The van der Waals surface area contributed by atoms with Crippen LogP contribution in [-0.2, 0) is 4.74 Å². The van der Waals surface area contributed by atoms with Crippen LogP contribution in [0.3, 0.4) is 0 Å². The number of ether oxygens (including phenoxy) is 1. The zero-order chi connectivity index (χ0) is 20.3. The van der Waals surface area contributed by atoms with Crippen molar-refractivity contribution in [3.8, 4) is 11.3 Å². The number of aromatic carboxylic acids is 1. The lowest BCUT2D eigenvalue weighted by atomic mass is 9.94. The summed E-state index contributed by atoms with van der Waals surface area (Å²) in [5.74, 6) is -0.831. The first kappa shape index (κ1) is 19.9. The molecule has 1 saturated heterocycles. The van der Waals surface area contributed by atoms with Gasteiger partial charge in [-0.1, -0.05) is 18.2 Å². The second kappa shape index (κ2) is 8.00. The number of amides is 1. The summed E-state index contributed by atoms with van der Waals surface area (Å²) in [6.45, 7) is 6.85. The predicted octanol–water partition coefficient (Wildman–Crippen LogP) is 4.56. The molecule has 1 fully saturated rings. The van der Waals surface area contributed by atoms with Crippen LogP contribution in [0.2, 0.25) is 0 Å². The normalized spacial score (nSPS) is 17.2. The summed E-state index contributed by atoms with van der Waals surface area (Å²) in [5, 5.41) is 9.21. The molecule has 148 valence electrons. The Hall–Kier alpha value is -2.89. The topological polar surface area (TPSA) is 79.7 Å². The third-order valence-electron chi connectivity index (χ3n) is 4.67. The highest BCUT2D eigenvalue weighted by Crippen LogP contribution is 2.28. The summed E-state index contributed by atoms with van der Waals surface area (Å²) >= 11 is 0. The van der Waals surface area contributed by atoms with E-state index in [9.17, 15) is 14.7 Å². The summed E-state index contributed by atoms with van der Waals surface area (Å²) in [5.41, 5.74) is 2.12. The summed E-state index contributed by atoms with van der Waals surface area (Å²) in [7, 11) is 0. The molecule has 6 nitrogen and oxygen atoms in total. The summed E-state index contributed by atoms with van der Waals surface area (Å²) in [6.07, 6.45) is 1.55. The maximum atomic E-state index is 12.4. The van der Waals surface area contributed by atoms with Crippen molar-refractivity contribution in [3.05, 3.63) is 53.7 Å². The molecule has 1 aliphatic rings. The van der Waals surface area contributed by atoms with Crippen molar-refractivity contribution in [2.75, 3.05) is 13.1 Å². The van der Waals surface area contributed by atoms with Crippen LogP contribution in [-0.4, -0.2) is 45.7 Å². The standard InChI is InChI=1S/C22H26N2O4/c1-22(2,3)28-21(27)24-12-6-9-17(14-24)19-11-5-10-18(23-19)15-7-4-8-16(13-15)20(25)26/h4-5,7-8,10-11,13,17H,6,9,12,14H2,1-3H3,(H,25,26). The molecule has 28 heavy (non-hydrogen) atoms. The van der Waals surface area contributed by atoms with Gasteiger partial charge in [0.2, 0.25) is 0 Å². The second-order valence-corrected chi connectivity index (χ2v) is 8.10. The lowest BCUT2D eigenvalue weighted by Gasteiger charge is -2.34. The molecule has 1 aromatic carbocycles. The van der Waals surface area contributed by atoms with Crippen LogP contribution >= 0.6 is 0 Å². The van der Waals surface area contributed by atoms with Gasteiger partial charge >= 0.3 is 12.1 Å². The van der Waals surface area contributed by atoms with Crippen LogP contribution in [0.15, 0.2) is 42.5 Å².